The first-order chi connectivity index (χ1) is 6.02. The van der Waals surface area contributed by atoms with Crippen LogP contribution in [0.25, 0.3) is 0 Å². The summed E-state index contributed by atoms with van der Waals surface area (Å²) in [5.41, 5.74) is 0.476. The fourth-order valence-electron chi connectivity index (χ4n) is 1.88. The Kier molecular flexibility index (Phi) is 3.74. The lowest BCUT2D eigenvalue weighted by atomic mass is 9.85. The van der Waals surface area contributed by atoms with E-state index in [1.54, 1.807) is 0 Å². The summed E-state index contributed by atoms with van der Waals surface area (Å²) in [4.78, 5) is 0. The van der Waals surface area contributed by atoms with Crippen LogP contribution in [0.4, 0.5) is 0 Å². The molecule has 2 nitrogen and oxygen atoms in total. The molecule has 0 aliphatic carbocycles. The van der Waals surface area contributed by atoms with E-state index in [9.17, 15) is 0 Å². The van der Waals surface area contributed by atoms with E-state index in [2.05, 4.69) is 38.3 Å². The normalized spacial score (nSPS) is 27.0. The highest BCUT2D eigenvalue weighted by Gasteiger charge is 2.33. The van der Waals surface area contributed by atoms with Crippen LogP contribution in [-0.4, -0.2) is 25.7 Å². The molecule has 1 unspecified atom stereocenters. The van der Waals surface area contributed by atoms with Gasteiger partial charge in [-0.2, -0.15) is 0 Å². The van der Waals surface area contributed by atoms with Gasteiger partial charge >= 0.3 is 0 Å². The lowest BCUT2D eigenvalue weighted by molar-refractivity contribution is 0.300. The first-order valence-corrected chi connectivity index (χ1v) is 5.46. The highest BCUT2D eigenvalue weighted by molar-refractivity contribution is 4.91. The Labute approximate surface area is 82.5 Å². The zero-order valence-electron chi connectivity index (χ0n) is 9.48. The van der Waals surface area contributed by atoms with Gasteiger partial charge in [-0.25, -0.2) is 0 Å². The molecule has 1 rings (SSSR count). The zero-order chi connectivity index (χ0) is 9.90. The van der Waals surface area contributed by atoms with Crippen LogP contribution in [0.2, 0.25) is 0 Å². The van der Waals surface area contributed by atoms with Crippen molar-refractivity contribution < 1.29 is 0 Å². The third-order valence-electron chi connectivity index (χ3n) is 3.00. The smallest absolute Gasteiger partial charge is 0.0244 e. The molecule has 0 radical (unpaired) electrons. The summed E-state index contributed by atoms with van der Waals surface area (Å²) in [5, 5.41) is 7.08. The molecule has 2 N–H and O–H groups in total. The number of hydrogen-bond donors (Lipinski definition) is 2. The third kappa shape index (κ3) is 3.28. The Morgan fingerprint density at radius 1 is 1.46 bits per heavy atom. The minimum absolute atomic E-state index is 0.476. The summed E-state index contributed by atoms with van der Waals surface area (Å²) >= 11 is 0. The molecule has 13 heavy (non-hydrogen) atoms. The van der Waals surface area contributed by atoms with Crippen LogP contribution in [0, 0.1) is 11.3 Å². The molecular formula is C11H24N2. The molecule has 1 aliphatic heterocycles. The van der Waals surface area contributed by atoms with Crippen LogP contribution in [0.3, 0.4) is 0 Å². The maximum Gasteiger partial charge on any atom is 0.0244 e. The SMILES string of the molecule is CC(C)CNCC1NCCC1(C)C. The maximum absolute atomic E-state index is 3.56. The molecule has 1 heterocycles. The van der Waals surface area contributed by atoms with Crippen LogP contribution < -0.4 is 10.6 Å². The van der Waals surface area contributed by atoms with Gasteiger partial charge in [0, 0.05) is 12.6 Å². The maximum atomic E-state index is 3.56. The van der Waals surface area contributed by atoms with Crippen LogP contribution in [-0.2, 0) is 0 Å². The van der Waals surface area contributed by atoms with Gasteiger partial charge in [-0.15, -0.1) is 0 Å². The van der Waals surface area contributed by atoms with E-state index in [0.717, 1.165) is 19.0 Å². The van der Waals surface area contributed by atoms with Crippen molar-refractivity contribution in [3.63, 3.8) is 0 Å². The molecule has 0 spiro atoms. The molecule has 1 saturated heterocycles. The Balaban J connectivity index is 2.21. The second kappa shape index (κ2) is 4.43. The highest BCUT2D eigenvalue weighted by Crippen LogP contribution is 2.29. The van der Waals surface area contributed by atoms with E-state index in [4.69, 9.17) is 0 Å². The minimum atomic E-state index is 0.476. The van der Waals surface area contributed by atoms with E-state index in [1.165, 1.54) is 13.0 Å². The van der Waals surface area contributed by atoms with E-state index < -0.39 is 0 Å². The van der Waals surface area contributed by atoms with Gasteiger partial charge in [0.05, 0.1) is 0 Å². The van der Waals surface area contributed by atoms with Crippen molar-refractivity contribution in [1.82, 2.24) is 10.6 Å². The molecular weight excluding hydrogens is 160 g/mol. The van der Waals surface area contributed by atoms with Crippen LogP contribution in [0.1, 0.15) is 34.1 Å². The molecule has 1 aliphatic rings. The zero-order valence-corrected chi connectivity index (χ0v) is 9.48. The standard InChI is InChI=1S/C11H24N2/c1-9(2)7-12-8-10-11(3,4)5-6-13-10/h9-10,12-13H,5-8H2,1-4H3. The van der Waals surface area contributed by atoms with Crippen molar-refractivity contribution in [2.24, 2.45) is 11.3 Å². The highest BCUT2D eigenvalue weighted by atomic mass is 15.0. The van der Waals surface area contributed by atoms with Crippen LogP contribution in [0.15, 0.2) is 0 Å². The lowest BCUT2D eigenvalue weighted by Crippen LogP contribution is -2.42. The number of hydrogen-bond acceptors (Lipinski definition) is 2. The third-order valence-corrected chi connectivity index (χ3v) is 3.00. The van der Waals surface area contributed by atoms with Gasteiger partial charge in [0.1, 0.15) is 0 Å². The molecule has 0 saturated carbocycles. The predicted molar refractivity (Wildman–Crippen MR) is 57.9 cm³/mol. The quantitative estimate of drug-likeness (QED) is 0.694. The monoisotopic (exact) mass is 184 g/mol. The van der Waals surface area contributed by atoms with E-state index in [1.807, 2.05) is 0 Å². The van der Waals surface area contributed by atoms with Gasteiger partial charge in [0.2, 0.25) is 0 Å². The van der Waals surface area contributed by atoms with Crippen molar-refractivity contribution in [3.05, 3.63) is 0 Å². The summed E-state index contributed by atoms with van der Waals surface area (Å²) in [6, 6.07) is 0.659. The number of rotatable bonds is 4. The summed E-state index contributed by atoms with van der Waals surface area (Å²) in [7, 11) is 0. The molecule has 0 bridgehead atoms. The van der Waals surface area contributed by atoms with Crippen LogP contribution >= 0.6 is 0 Å². The second-order valence-electron chi connectivity index (χ2n) is 5.30. The summed E-state index contributed by atoms with van der Waals surface area (Å²) in [6.45, 7) is 12.6. The molecule has 0 aromatic carbocycles. The van der Waals surface area contributed by atoms with Crippen molar-refractivity contribution in [2.75, 3.05) is 19.6 Å². The fourth-order valence-corrected chi connectivity index (χ4v) is 1.88. The van der Waals surface area contributed by atoms with Gasteiger partial charge < -0.3 is 10.6 Å². The molecule has 1 atom stereocenters. The van der Waals surface area contributed by atoms with Crippen molar-refractivity contribution >= 4 is 0 Å². The topological polar surface area (TPSA) is 24.1 Å². The van der Waals surface area contributed by atoms with E-state index in [-0.39, 0.29) is 0 Å². The number of nitrogens with one attached hydrogen (secondary N) is 2. The van der Waals surface area contributed by atoms with Gasteiger partial charge in [0.15, 0.2) is 0 Å². The summed E-state index contributed by atoms with van der Waals surface area (Å²) in [6.07, 6.45) is 1.31. The molecule has 2 heteroatoms. The van der Waals surface area contributed by atoms with E-state index in [0.29, 0.717) is 11.5 Å². The van der Waals surface area contributed by atoms with Gasteiger partial charge in [-0.3, -0.25) is 0 Å². The van der Waals surface area contributed by atoms with E-state index >= 15 is 0 Å². The first kappa shape index (κ1) is 11.0. The van der Waals surface area contributed by atoms with Crippen molar-refractivity contribution in [1.29, 1.82) is 0 Å². The average Bonchev–Trinajstić information content (AvgIpc) is 2.30. The predicted octanol–water partition coefficient (Wildman–Crippen LogP) is 1.62. The largest absolute Gasteiger partial charge is 0.315 e. The molecule has 0 aromatic rings. The Morgan fingerprint density at radius 2 is 2.15 bits per heavy atom. The van der Waals surface area contributed by atoms with Gasteiger partial charge in [0.25, 0.3) is 0 Å². The summed E-state index contributed by atoms with van der Waals surface area (Å²) < 4.78 is 0. The minimum Gasteiger partial charge on any atom is -0.315 e. The Morgan fingerprint density at radius 3 is 2.62 bits per heavy atom. The van der Waals surface area contributed by atoms with Gasteiger partial charge in [-0.05, 0) is 30.8 Å². The second-order valence-corrected chi connectivity index (χ2v) is 5.30. The fraction of sp³-hybridized carbons (Fsp3) is 1.00. The average molecular weight is 184 g/mol. The molecule has 1 fully saturated rings. The molecule has 0 aromatic heterocycles. The van der Waals surface area contributed by atoms with Crippen LogP contribution in [0.5, 0.6) is 0 Å². The summed E-state index contributed by atoms with van der Waals surface area (Å²) in [5.74, 6) is 0.754. The van der Waals surface area contributed by atoms with Crippen molar-refractivity contribution in [2.45, 2.75) is 40.2 Å². The van der Waals surface area contributed by atoms with Gasteiger partial charge in [-0.1, -0.05) is 27.7 Å². The lowest BCUT2D eigenvalue weighted by Gasteiger charge is -2.27. The first-order valence-electron chi connectivity index (χ1n) is 5.46. The Bertz CT molecular complexity index is 152. The van der Waals surface area contributed by atoms with Crippen molar-refractivity contribution in [3.8, 4) is 0 Å². The molecule has 0 amide bonds. The Hall–Kier alpha value is -0.0800. The molecule has 78 valence electrons.